The molecule has 0 saturated carbocycles. The highest BCUT2D eigenvalue weighted by molar-refractivity contribution is 8.03. The molecule has 0 radical (unpaired) electrons. The number of esters is 1. The summed E-state index contributed by atoms with van der Waals surface area (Å²) in [6.45, 7) is 1.04. The van der Waals surface area contributed by atoms with E-state index in [1.807, 2.05) is 12.3 Å². The van der Waals surface area contributed by atoms with Gasteiger partial charge in [-0.25, -0.2) is 4.79 Å². The van der Waals surface area contributed by atoms with Gasteiger partial charge >= 0.3 is 5.97 Å². The summed E-state index contributed by atoms with van der Waals surface area (Å²) in [5, 5.41) is 13.3. The standard InChI is InChI=1S/C19H18N2O5S/c1-13-9-14(27-12-20)7-8-15(13)21-18(22)10-26-19(23)11-25-17-6-4-3-5-16(17)24-2/h3-9H,10-11H2,1-2H3,(H,21,22). The number of anilines is 1. The predicted molar refractivity (Wildman–Crippen MR) is 101 cm³/mol. The van der Waals surface area contributed by atoms with Gasteiger partial charge in [0.15, 0.2) is 24.7 Å². The highest BCUT2D eigenvalue weighted by Crippen LogP contribution is 2.25. The van der Waals surface area contributed by atoms with Crippen molar-refractivity contribution in [2.45, 2.75) is 11.8 Å². The van der Waals surface area contributed by atoms with Crippen molar-refractivity contribution in [3.63, 3.8) is 0 Å². The Bertz CT molecular complexity index is 863. The van der Waals surface area contributed by atoms with E-state index in [0.29, 0.717) is 17.2 Å². The van der Waals surface area contributed by atoms with Gasteiger partial charge in [-0.1, -0.05) is 12.1 Å². The summed E-state index contributed by atoms with van der Waals surface area (Å²) in [6.07, 6.45) is 0. The van der Waals surface area contributed by atoms with Crippen molar-refractivity contribution in [1.29, 1.82) is 5.26 Å². The average molecular weight is 386 g/mol. The number of methoxy groups -OCH3 is 1. The Morgan fingerprint density at radius 3 is 2.56 bits per heavy atom. The van der Waals surface area contributed by atoms with Crippen molar-refractivity contribution < 1.29 is 23.8 Å². The number of nitrogens with one attached hydrogen (secondary N) is 1. The molecular weight excluding hydrogens is 368 g/mol. The quantitative estimate of drug-likeness (QED) is 0.423. The Morgan fingerprint density at radius 1 is 1.15 bits per heavy atom. The van der Waals surface area contributed by atoms with E-state index in [-0.39, 0.29) is 6.61 Å². The molecular formula is C19H18N2O5S. The third-order valence-electron chi connectivity index (χ3n) is 3.41. The third-order valence-corrected chi connectivity index (χ3v) is 4.00. The van der Waals surface area contributed by atoms with Crippen LogP contribution in [0.25, 0.3) is 0 Å². The summed E-state index contributed by atoms with van der Waals surface area (Å²) in [5.74, 6) is -0.234. The number of nitrogens with zero attached hydrogens (tertiary/aromatic N) is 1. The van der Waals surface area contributed by atoms with E-state index >= 15 is 0 Å². The first-order chi connectivity index (χ1) is 13.0. The average Bonchev–Trinajstić information content (AvgIpc) is 2.67. The van der Waals surface area contributed by atoms with Crippen LogP contribution in [0, 0.1) is 17.6 Å². The van der Waals surface area contributed by atoms with E-state index in [2.05, 4.69) is 5.32 Å². The Kier molecular flexibility index (Phi) is 7.52. The molecule has 0 heterocycles. The molecule has 27 heavy (non-hydrogen) atoms. The number of carbonyl (C=O) groups excluding carboxylic acids is 2. The minimum Gasteiger partial charge on any atom is -0.493 e. The normalized spacial score (nSPS) is 9.81. The second-order valence-corrected chi connectivity index (χ2v) is 6.18. The Balaban J connectivity index is 1.80. The fourth-order valence-electron chi connectivity index (χ4n) is 2.14. The van der Waals surface area contributed by atoms with Crippen molar-refractivity contribution in [1.82, 2.24) is 0 Å². The van der Waals surface area contributed by atoms with Gasteiger partial charge in [-0.2, -0.15) is 5.26 Å². The first-order valence-electron chi connectivity index (χ1n) is 7.91. The zero-order chi connectivity index (χ0) is 19.6. The van der Waals surface area contributed by atoms with Gasteiger partial charge in [0.1, 0.15) is 5.40 Å². The Labute approximate surface area is 161 Å². The number of hydrogen-bond acceptors (Lipinski definition) is 7. The largest absolute Gasteiger partial charge is 0.493 e. The van der Waals surface area contributed by atoms with Crippen molar-refractivity contribution in [3.8, 4) is 16.9 Å². The number of ether oxygens (including phenoxy) is 3. The molecule has 0 aliphatic heterocycles. The lowest BCUT2D eigenvalue weighted by atomic mass is 10.2. The second-order valence-electron chi connectivity index (χ2n) is 5.32. The van der Waals surface area contributed by atoms with Gasteiger partial charge in [0.25, 0.3) is 5.91 Å². The van der Waals surface area contributed by atoms with Crippen LogP contribution in [0.15, 0.2) is 47.4 Å². The van der Waals surface area contributed by atoms with Gasteiger partial charge in [-0.05, 0) is 54.6 Å². The van der Waals surface area contributed by atoms with Crippen molar-refractivity contribution in [2.24, 2.45) is 0 Å². The van der Waals surface area contributed by atoms with E-state index in [1.165, 1.54) is 7.11 Å². The molecule has 0 aliphatic rings. The van der Waals surface area contributed by atoms with Crippen LogP contribution in [0.2, 0.25) is 0 Å². The SMILES string of the molecule is COc1ccccc1OCC(=O)OCC(=O)Nc1ccc(SC#N)cc1C. The number of hydrogen-bond donors (Lipinski definition) is 1. The molecule has 0 aromatic heterocycles. The highest BCUT2D eigenvalue weighted by atomic mass is 32.2. The fraction of sp³-hybridized carbons (Fsp3) is 0.211. The van der Waals surface area contributed by atoms with Crippen molar-refractivity contribution in [3.05, 3.63) is 48.0 Å². The molecule has 0 spiro atoms. The van der Waals surface area contributed by atoms with Crippen LogP contribution in [0.5, 0.6) is 11.5 Å². The van der Waals surface area contributed by atoms with E-state index in [0.717, 1.165) is 22.2 Å². The second kappa shape index (κ2) is 10.1. The van der Waals surface area contributed by atoms with E-state index in [9.17, 15) is 9.59 Å². The molecule has 0 atom stereocenters. The number of rotatable bonds is 8. The molecule has 140 valence electrons. The lowest BCUT2D eigenvalue weighted by Crippen LogP contribution is -2.24. The number of nitriles is 1. The number of benzene rings is 2. The summed E-state index contributed by atoms with van der Waals surface area (Å²) in [4.78, 5) is 24.5. The van der Waals surface area contributed by atoms with Crippen LogP contribution in [0.1, 0.15) is 5.56 Å². The molecule has 2 rings (SSSR count). The zero-order valence-electron chi connectivity index (χ0n) is 14.9. The maximum absolute atomic E-state index is 11.9. The van der Waals surface area contributed by atoms with Gasteiger partial charge in [0.05, 0.1) is 7.11 Å². The zero-order valence-corrected chi connectivity index (χ0v) is 15.7. The first kappa shape index (κ1) is 20.1. The van der Waals surface area contributed by atoms with Gasteiger partial charge in [0.2, 0.25) is 0 Å². The van der Waals surface area contributed by atoms with Gasteiger partial charge in [-0.15, -0.1) is 0 Å². The van der Waals surface area contributed by atoms with E-state index in [1.54, 1.807) is 42.5 Å². The smallest absolute Gasteiger partial charge is 0.344 e. The molecule has 0 aliphatic carbocycles. The molecule has 1 amide bonds. The number of para-hydroxylation sites is 2. The highest BCUT2D eigenvalue weighted by Gasteiger charge is 2.11. The Morgan fingerprint density at radius 2 is 1.89 bits per heavy atom. The molecule has 8 heteroatoms. The molecule has 7 nitrogen and oxygen atoms in total. The summed E-state index contributed by atoms with van der Waals surface area (Å²) in [5.41, 5.74) is 1.39. The molecule has 0 bridgehead atoms. The molecule has 2 aromatic rings. The number of thiocyanates is 1. The molecule has 0 unspecified atom stereocenters. The number of amides is 1. The van der Waals surface area contributed by atoms with E-state index < -0.39 is 18.5 Å². The minimum absolute atomic E-state index is 0.341. The lowest BCUT2D eigenvalue weighted by molar-refractivity contribution is -0.149. The summed E-state index contributed by atoms with van der Waals surface area (Å²) in [6, 6.07) is 12.1. The molecule has 0 fully saturated rings. The van der Waals surface area contributed by atoms with Crippen LogP contribution in [-0.2, 0) is 14.3 Å². The predicted octanol–water partition coefficient (Wildman–Crippen LogP) is 3.14. The maximum Gasteiger partial charge on any atom is 0.344 e. The minimum atomic E-state index is -0.673. The number of carbonyl (C=O) groups is 2. The summed E-state index contributed by atoms with van der Waals surface area (Å²) >= 11 is 1.04. The van der Waals surface area contributed by atoms with Crippen LogP contribution >= 0.6 is 11.8 Å². The molecule has 2 aromatic carbocycles. The van der Waals surface area contributed by atoms with Crippen molar-refractivity contribution in [2.75, 3.05) is 25.6 Å². The van der Waals surface area contributed by atoms with Crippen LogP contribution in [0.4, 0.5) is 5.69 Å². The maximum atomic E-state index is 11.9. The Hall–Kier alpha value is -3.18. The van der Waals surface area contributed by atoms with Gasteiger partial charge < -0.3 is 19.5 Å². The van der Waals surface area contributed by atoms with Crippen molar-refractivity contribution >= 4 is 29.3 Å². The topological polar surface area (TPSA) is 97.7 Å². The number of aryl methyl sites for hydroxylation is 1. The van der Waals surface area contributed by atoms with Crippen LogP contribution in [-0.4, -0.2) is 32.2 Å². The van der Waals surface area contributed by atoms with E-state index in [4.69, 9.17) is 19.5 Å². The fourth-order valence-corrected chi connectivity index (χ4v) is 2.62. The lowest BCUT2D eigenvalue weighted by Gasteiger charge is -2.11. The molecule has 0 saturated heterocycles. The van der Waals surface area contributed by atoms with Crippen LogP contribution < -0.4 is 14.8 Å². The summed E-state index contributed by atoms with van der Waals surface area (Å²) < 4.78 is 15.4. The summed E-state index contributed by atoms with van der Waals surface area (Å²) in [7, 11) is 1.50. The molecule has 1 N–H and O–H groups in total. The van der Waals surface area contributed by atoms with Gasteiger partial charge in [-0.3, -0.25) is 4.79 Å². The van der Waals surface area contributed by atoms with Crippen LogP contribution in [0.3, 0.4) is 0 Å². The monoisotopic (exact) mass is 386 g/mol. The van der Waals surface area contributed by atoms with Gasteiger partial charge in [0, 0.05) is 10.6 Å². The first-order valence-corrected chi connectivity index (χ1v) is 8.73. The third kappa shape index (κ3) is 6.24. The number of thioether (sulfide) groups is 1.